The fourth-order valence-electron chi connectivity index (χ4n) is 5.99. The van der Waals surface area contributed by atoms with Crippen molar-refractivity contribution in [2.24, 2.45) is 17.8 Å². The van der Waals surface area contributed by atoms with Crippen molar-refractivity contribution in [1.82, 2.24) is 0 Å². The van der Waals surface area contributed by atoms with Gasteiger partial charge in [0.15, 0.2) is 6.29 Å². The van der Waals surface area contributed by atoms with Gasteiger partial charge in [0.1, 0.15) is 11.4 Å². The number of nitrogen functional groups attached to an aromatic ring is 1. The molecule has 2 N–H and O–H groups in total. The fraction of sp³-hybridized carbons (Fsp3) is 0.476. The molecule has 2 aromatic carbocycles. The molecule has 0 radical (unpaired) electrons. The number of benzene rings is 2. The van der Waals surface area contributed by atoms with Gasteiger partial charge in [-0.1, -0.05) is 24.3 Å². The van der Waals surface area contributed by atoms with E-state index in [4.69, 9.17) is 10.5 Å². The van der Waals surface area contributed by atoms with Crippen LogP contribution in [0.25, 0.3) is 10.8 Å². The minimum absolute atomic E-state index is 0.00728. The number of aldehydes is 1. The summed E-state index contributed by atoms with van der Waals surface area (Å²) in [6.07, 6.45) is 8.60. The minimum atomic E-state index is -0.00728. The molecule has 6 rings (SSSR count). The molecule has 4 aliphatic rings. The lowest BCUT2D eigenvalue weighted by molar-refractivity contribution is -0.107. The molecule has 0 saturated heterocycles. The Bertz CT molecular complexity index is 791. The first-order valence-corrected chi connectivity index (χ1v) is 9.11. The number of hydrogen-bond acceptors (Lipinski definition) is 3. The molecule has 4 aliphatic carbocycles. The predicted molar refractivity (Wildman–Crippen MR) is 95.3 cm³/mol. The Morgan fingerprint density at radius 1 is 1.00 bits per heavy atom. The highest BCUT2D eigenvalue weighted by Gasteiger charge is 2.52. The number of nitrogens with two attached hydrogens (primary N) is 1. The zero-order chi connectivity index (χ0) is 16.3. The van der Waals surface area contributed by atoms with E-state index in [-0.39, 0.29) is 5.60 Å². The molecule has 4 fully saturated rings. The Morgan fingerprint density at radius 2 is 1.58 bits per heavy atom. The van der Waals surface area contributed by atoms with Crippen molar-refractivity contribution in [2.75, 3.05) is 5.73 Å². The van der Waals surface area contributed by atoms with Crippen molar-refractivity contribution >= 4 is 22.7 Å². The van der Waals surface area contributed by atoms with Crippen LogP contribution in [0.5, 0.6) is 5.75 Å². The number of anilines is 1. The van der Waals surface area contributed by atoms with Crippen molar-refractivity contribution in [3.05, 3.63) is 35.9 Å². The van der Waals surface area contributed by atoms with Gasteiger partial charge in [0.2, 0.25) is 0 Å². The highest BCUT2D eigenvalue weighted by Crippen LogP contribution is 2.57. The summed E-state index contributed by atoms with van der Waals surface area (Å²) < 4.78 is 6.71. The van der Waals surface area contributed by atoms with E-state index in [1.165, 1.54) is 38.5 Å². The first-order chi connectivity index (χ1) is 11.7. The summed E-state index contributed by atoms with van der Waals surface area (Å²) in [4.78, 5) is 11.4. The van der Waals surface area contributed by atoms with Gasteiger partial charge in [-0.25, -0.2) is 0 Å². The standard InChI is InChI=1S/C21H23NO2/c22-19-8-20(17-4-2-1-3-16(17)18(19)12-23)24-21-9-13-5-14(10-21)7-15(6-13)11-21/h1-4,8,12-15H,5-7,9-11,22H2. The SMILES string of the molecule is Nc1cc(OC23CC4CC(CC(C4)C2)C3)c2ccccc2c1C=O. The third-order valence-corrected chi connectivity index (χ3v) is 6.51. The van der Waals surface area contributed by atoms with E-state index in [0.29, 0.717) is 11.3 Å². The normalized spacial score (nSPS) is 33.8. The summed E-state index contributed by atoms with van der Waals surface area (Å²) in [7, 11) is 0. The van der Waals surface area contributed by atoms with Crippen LogP contribution < -0.4 is 10.5 Å². The second-order valence-corrected chi connectivity index (χ2v) is 8.24. The van der Waals surface area contributed by atoms with E-state index in [1.54, 1.807) is 0 Å². The zero-order valence-electron chi connectivity index (χ0n) is 13.8. The molecule has 4 bridgehead atoms. The number of ether oxygens (including phenoxy) is 1. The fourth-order valence-corrected chi connectivity index (χ4v) is 5.99. The van der Waals surface area contributed by atoms with Gasteiger partial charge < -0.3 is 10.5 Å². The molecule has 3 nitrogen and oxygen atoms in total. The molecule has 0 amide bonds. The van der Waals surface area contributed by atoms with Crippen molar-refractivity contribution in [2.45, 2.75) is 44.1 Å². The lowest BCUT2D eigenvalue weighted by Gasteiger charge is -2.56. The summed E-state index contributed by atoms with van der Waals surface area (Å²) in [5.74, 6) is 3.38. The van der Waals surface area contributed by atoms with Gasteiger partial charge in [-0.2, -0.15) is 0 Å². The van der Waals surface area contributed by atoms with Crippen LogP contribution in [0.2, 0.25) is 0 Å². The Balaban J connectivity index is 1.59. The topological polar surface area (TPSA) is 52.3 Å². The first-order valence-electron chi connectivity index (χ1n) is 9.11. The molecule has 0 aliphatic heterocycles. The summed E-state index contributed by atoms with van der Waals surface area (Å²) in [5, 5.41) is 1.90. The van der Waals surface area contributed by atoms with E-state index in [0.717, 1.165) is 40.6 Å². The number of hydrogen-bond donors (Lipinski definition) is 1. The second kappa shape index (κ2) is 4.98. The molecule has 4 saturated carbocycles. The van der Waals surface area contributed by atoms with Crippen molar-refractivity contribution < 1.29 is 9.53 Å². The van der Waals surface area contributed by atoms with Gasteiger partial charge in [-0.3, -0.25) is 4.79 Å². The van der Waals surface area contributed by atoms with E-state index in [1.807, 2.05) is 30.3 Å². The highest BCUT2D eigenvalue weighted by molar-refractivity contribution is 6.05. The van der Waals surface area contributed by atoms with Crippen LogP contribution in [-0.4, -0.2) is 11.9 Å². The molecule has 0 aromatic heterocycles. The van der Waals surface area contributed by atoms with Crippen LogP contribution in [-0.2, 0) is 0 Å². The maximum Gasteiger partial charge on any atom is 0.152 e. The van der Waals surface area contributed by atoms with Gasteiger partial charge in [-0.05, 0) is 61.7 Å². The largest absolute Gasteiger partial charge is 0.487 e. The third kappa shape index (κ3) is 2.07. The monoisotopic (exact) mass is 321 g/mol. The summed E-state index contributed by atoms with van der Waals surface area (Å²) in [6.45, 7) is 0. The molecule has 0 spiro atoms. The van der Waals surface area contributed by atoms with Gasteiger partial charge in [0.05, 0.1) is 0 Å². The molecule has 0 heterocycles. The molecule has 2 aromatic rings. The Kier molecular flexibility index (Phi) is 2.97. The summed E-state index contributed by atoms with van der Waals surface area (Å²) in [6, 6.07) is 9.81. The molecule has 3 heteroatoms. The Labute approximate surface area is 142 Å². The average Bonchev–Trinajstić information content (AvgIpc) is 2.53. The predicted octanol–water partition coefficient (Wildman–Crippen LogP) is 4.58. The van der Waals surface area contributed by atoms with E-state index >= 15 is 0 Å². The van der Waals surface area contributed by atoms with Crippen molar-refractivity contribution in [3.8, 4) is 5.75 Å². The van der Waals surface area contributed by atoms with E-state index in [2.05, 4.69) is 0 Å². The summed E-state index contributed by atoms with van der Waals surface area (Å²) >= 11 is 0. The molecule has 24 heavy (non-hydrogen) atoms. The zero-order valence-corrected chi connectivity index (χ0v) is 13.8. The maximum absolute atomic E-state index is 11.4. The average molecular weight is 321 g/mol. The van der Waals surface area contributed by atoms with Crippen LogP contribution in [0.15, 0.2) is 30.3 Å². The van der Waals surface area contributed by atoms with Gasteiger partial charge >= 0.3 is 0 Å². The number of carbonyl (C=O) groups is 1. The van der Waals surface area contributed by atoms with Crippen LogP contribution >= 0.6 is 0 Å². The van der Waals surface area contributed by atoms with Crippen LogP contribution in [0, 0.1) is 17.8 Å². The van der Waals surface area contributed by atoms with Crippen LogP contribution in [0.4, 0.5) is 5.69 Å². The summed E-state index contributed by atoms with van der Waals surface area (Å²) in [5.41, 5.74) is 7.24. The Hall–Kier alpha value is -2.03. The first kappa shape index (κ1) is 14.3. The van der Waals surface area contributed by atoms with Gasteiger partial charge in [0.25, 0.3) is 0 Å². The van der Waals surface area contributed by atoms with Crippen molar-refractivity contribution in [3.63, 3.8) is 0 Å². The lowest BCUT2D eigenvalue weighted by Crippen LogP contribution is -2.53. The lowest BCUT2D eigenvalue weighted by atomic mass is 9.54. The maximum atomic E-state index is 11.4. The van der Waals surface area contributed by atoms with Crippen LogP contribution in [0.1, 0.15) is 48.9 Å². The smallest absolute Gasteiger partial charge is 0.152 e. The number of carbonyl (C=O) groups excluding carboxylic acids is 1. The molecule has 124 valence electrons. The minimum Gasteiger partial charge on any atom is -0.487 e. The molecular formula is C21H23NO2. The molecule has 0 atom stereocenters. The van der Waals surface area contributed by atoms with E-state index < -0.39 is 0 Å². The van der Waals surface area contributed by atoms with Gasteiger partial charge in [0, 0.05) is 22.7 Å². The third-order valence-electron chi connectivity index (χ3n) is 6.51. The van der Waals surface area contributed by atoms with Crippen molar-refractivity contribution in [1.29, 1.82) is 0 Å². The van der Waals surface area contributed by atoms with E-state index in [9.17, 15) is 4.79 Å². The molecule has 0 unspecified atom stereocenters. The van der Waals surface area contributed by atoms with Gasteiger partial charge in [-0.15, -0.1) is 0 Å². The number of fused-ring (bicyclic) bond motifs is 1. The quantitative estimate of drug-likeness (QED) is 0.665. The van der Waals surface area contributed by atoms with Crippen LogP contribution in [0.3, 0.4) is 0 Å². The molecular weight excluding hydrogens is 298 g/mol. The number of rotatable bonds is 3. The second-order valence-electron chi connectivity index (χ2n) is 8.24. The Morgan fingerprint density at radius 3 is 2.17 bits per heavy atom. The highest BCUT2D eigenvalue weighted by atomic mass is 16.5.